The first-order valence-corrected chi connectivity index (χ1v) is 7.12. The number of aliphatic imine (C=N–C) groups is 1. The maximum Gasteiger partial charge on any atom is 0.340 e. The second-order valence-electron chi connectivity index (χ2n) is 3.94. The van der Waals surface area contributed by atoms with Crippen molar-refractivity contribution in [3.05, 3.63) is 30.3 Å². The van der Waals surface area contributed by atoms with Gasteiger partial charge in [0, 0.05) is 13.0 Å². The lowest BCUT2D eigenvalue weighted by Gasteiger charge is -2.07. The molecule has 0 amide bonds. The quantitative estimate of drug-likeness (QED) is 0.760. The molecule has 1 heterocycles. The van der Waals surface area contributed by atoms with E-state index in [2.05, 4.69) is 4.99 Å². The van der Waals surface area contributed by atoms with Gasteiger partial charge in [-0.25, -0.2) is 0 Å². The Morgan fingerprint density at radius 3 is 2.59 bits per heavy atom. The van der Waals surface area contributed by atoms with E-state index in [9.17, 15) is 8.42 Å². The minimum atomic E-state index is -3.71. The highest BCUT2D eigenvalue weighted by Gasteiger charge is 2.18. The van der Waals surface area contributed by atoms with Crippen LogP contribution in [0.3, 0.4) is 0 Å². The van der Waals surface area contributed by atoms with Crippen LogP contribution in [0, 0.1) is 0 Å². The summed E-state index contributed by atoms with van der Waals surface area (Å²) in [6, 6.07) is 8.15. The summed E-state index contributed by atoms with van der Waals surface area (Å²) >= 11 is 0. The molecule has 17 heavy (non-hydrogen) atoms. The molecule has 0 bridgehead atoms. The molecule has 1 aliphatic heterocycles. The number of rotatable bonds is 2. The maximum absolute atomic E-state index is 11.9. The molecule has 0 fully saturated rings. The van der Waals surface area contributed by atoms with Crippen molar-refractivity contribution in [3.8, 4) is 0 Å². The van der Waals surface area contributed by atoms with Crippen molar-refractivity contribution in [3.63, 3.8) is 0 Å². The van der Waals surface area contributed by atoms with Crippen molar-refractivity contribution in [2.75, 3.05) is 6.54 Å². The van der Waals surface area contributed by atoms with Gasteiger partial charge >= 0.3 is 10.1 Å². The minimum absolute atomic E-state index is 0.173. The predicted octanol–water partition coefficient (Wildman–Crippen LogP) is 2.36. The largest absolute Gasteiger partial charge is 0.363 e. The highest BCUT2D eigenvalue weighted by Crippen LogP contribution is 2.15. The molecule has 0 aliphatic carbocycles. The van der Waals surface area contributed by atoms with Gasteiger partial charge in [0.2, 0.25) is 5.90 Å². The first-order valence-electron chi connectivity index (χ1n) is 5.71. The average Bonchev–Trinajstić information content (AvgIpc) is 2.58. The van der Waals surface area contributed by atoms with E-state index in [0.717, 1.165) is 19.3 Å². The molecular weight excluding hydrogens is 238 g/mol. The minimum Gasteiger partial charge on any atom is -0.363 e. The summed E-state index contributed by atoms with van der Waals surface area (Å²) in [6.45, 7) is 0.652. The van der Waals surface area contributed by atoms with E-state index in [4.69, 9.17) is 4.18 Å². The maximum atomic E-state index is 11.9. The highest BCUT2D eigenvalue weighted by atomic mass is 32.2. The molecule has 1 aromatic rings. The summed E-state index contributed by atoms with van der Waals surface area (Å²) in [4.78, 5) is 4.32. The van der Waals surface area contributed by atoms with Crippen LogP contribution < -0.4 is 0 Å². The second kappa shape index (κ2) is 5.31. The molecule has 0 spiro atoms. The SMILES string of the molecule is O=S(=O)(OC1=NCCCCC1)c1ccccc1. The molecule has 92 valence electrons. The lowest BCUT2D eigenvalue weighted by molar-refractivity contribution is 0.472. The van der Waals surface area contributed by atoms with Gasteiger partial charge in [0.05, 0.1) is 0 Å². The van der Waals surface area contributed by atoms with Crippen molar-refractivity contribution >= 4 is 16.0 Å². The smallest absolute Gasteiger partial charge is 0.340 e. The lowest BCUT2D eigenvalue weighted by Crippen LogP contribution is -2.13. The Balaban J connectivity index is 2.15. The van der Waals surface area contributed by atoms with Gasteiger partial charge in [-0.15, -0.1) is 0 Å². The normalized spacial score (nSPS) is 17.1. The summed E-state index contributed by atoms with van der Waals surface area (Å²) < 4.78 is 28.9. The highest BCUT2D eigenvalue weighted by molar-refractivity contribution is 7.87. The van der Waals surface area contributed by atoms with Gasteiger partial charge in [-0.05, 0) is 25.0 Å². The first kappa shape index (κ1) is 12.1. The van der Waals surface area contributed by atoms with Crippen LogP contribution in [0.25, 0.3) is 0 Å². The topological polar surface area (TPSA) is 55.7 Å². The van der Waals surface area contributed by atoms with Gasteiger partial charge in [0.1, 0.15) is 4.90 Å². The van der Waals surface area contributed by atoms with Crippen LogP contribution in [0.4, 0.5) is 0 Å². The molecule has 0 unspecified atom stereocenters. The summed E-state index contributed by atoms with van der Waals surface area (Å²) in [5, 5.41) is 0. The zero-order valence-electron chi connectivity index (χ0n) is 9.50. The van der Waals surface area contributed by atoms with Crippen LogP contribution in [-0.4, -0.2) is 20.9 Å². The summed E-state index contributed by atoms with van der Waals surface area (Å²) in [5.41, 5.74) is 0. The summed E-state index contributed by atoms with van der Waals surface area (Å²) in [7, 11) is -3.71. The molecule has 0 aromatic heterocycles. The molecule has 4 nitrogen and oxygen atoms in total. The van der Waals surface area contributed by atoms with Gasteiger partial charge in [-0.3, -0.25) is 4.99 Å². The third kappa shape index (κ3) is 3.30. The van der Waals surface area contributed by atoms with E-state index >= 15 is 0 Å². The Morgan fingerprint density at radius 2 is 1.82 bits per heavy atom. The van der Waals surface area contributed by atoms with E-state index in [1.807, 2.05) is 0 Å². The summed E-state index contributed by atoms with van der Waals surface area (Å²) in [5.74, 6) is 0.339. The van der Waals surface area contributed by atoms with Gasteiger partial charge in [-0.2, -0.15) is 8.42 Å². The molecule has 0 N–H and O–H groups in total. The van der Waals surface area contributed by atoms with E-state index in [-0.39, 0.29) is 4.90 Å². The van der Waals surface area contributed by atoms with Crippen LogP contribution in [0.1, 0.15) is 25.7 Å². The number of hydrogen-bond acceptors (Lipinski definition) is 4. The van der Waals surface area contributed by atoms with Gasteiger partial charge < -0.3 is 4.18 Å². The van der Waals surface area contributed by atoms with E-state index in [1.165, 1.54) is 12.1 Å². The molecule has 0 saturated heterocycles. The summed E-state index contributed by atoms with van der Waals surface area (Å²) in [6.07, 6.45) is 3.61. The molecule has 0 radical (unpaired) electrons. The van der Waals surface area contributed by atoms with Crippen molar-refractivity contribution in [2.24, 2.45) is 4.99 Å². The lowest BCUT2D eigenvalue weighted by atomic mass is 10.2. The monoisotopic (exact) mass is 253 g/mol. The van der Waals surface area contributed by atoms with Gasteiger partial charge in [0.25, 0.3) is 0 Å². The van der Waals surface area contributed by atoms with E-state index in [0.29, 0.717) is 18.9 Å². The van der Waals surface area contributed by atoms with E-state index < -0.39 is 10.1 Å². The fraction of sp³-hybridized carbons (Fsp3) is 0.417. The molecule has 0 atom stereocenters. The Bertz CT molecular complexity index is 494. The average molecular weight is 253 g/mol. The van der Waals surface area contributed by atoms with Crippen molar-refractivity contribution in [1.29, 1.82) is 0 Å². The Kier molecular flexibility index (Phi) is 3.78. The van der Waals surface area contributed by atoms with Crippen LogP contribution in [0.15, 0.2) is 40.2 Å². The molecule has 2 rings (SSSR count). The number of benzene rings is 1. The number of nitrogens with zero attached hydrogens (tertiary/aromatic N) is 1. The predicted molar refractivity (Wildman–Crippen MR) is 65.5 cm³/mol. The van der Waals surface area contributed by atoms with Crippen LogP contribution in [-0.2, 0) is 14.3 Å². The molecular formula is C12H15NO3S. The van der Waals surface area contributed by atoms with E-state index in [1.54, 1.807) is 18.2 Å². The third-order valence-electron chi connectivity index (χ3n) is 2.57. The van der Waals surface area contributed by atoms with Crippen LogP contribution in [0.5, 0.6) is 0 Å². The first-order chi connectivity index (χ1) is 8.18. The standard InChI is InChI=1S/C12H15NO3S/c14-17(15,11-7-3-1-4-8-11)16-12-9-5-2-6-10-13-12/h1,3-4,7-8H,2,5-6,9-10H2. The van der Waals surface area contributed by atoms with Gasteiger partial charge in [0.15, 0.2) is 0 Å². The third-order valence-corrected chi connectivity index (χ3v) is 3.84. The van der Waals surface area contributed by atoms with Crippen LogP contribution in [0.2, 0.25) is 0 Å². The Hall–Kier alpha value is -1.36. The Labute approximate surface area is 101 Å². The second-order valence-corrected chi connectivity index (χ2v) is 5.48. The molecule has 1 aliphatic rings. The fourth-order valence-corrected chi connectivity index (χ4v) is 2.65. The van der Waals surface area contributed by atoms with Crippen molar-refractivity contribution in [2.45, 2.75) is 30.6 Å². The fourth-order valence-electron chi connectivity index (χ4n) is 1.68. The van der Waals surface area contributed by atoms with Crippen LogP contribution >= 0.6 is 0 Å². The molecule has 1 aromatic carbocycles. The zero-order valence-corrected chi connectivity index (χ0v) is 10.3. The Morgan fingerprint density at radius 1 is 1.06 bits per heavy atom. The zero-order chi connectivity index (χ0) is 12.1. The van der Waals surface area contributed by atoms with Crippen molar-refractivity contribution < 1.29 is 12.6 Å². The van der Waals surface area contributed by atoms with Gasteiger partial charge in [-0.1, -0.05) is 24.6 Å². The van der Waals surface area contributed by atoms with Crippen molar-refractivity contribution in [1.82, 2.24) is 0 Å². The number of hydrogen-bond donors (Lipinski definition) is 0. The molecule has 5 heteroatoms. The molecule has 0 saturated carbocycles.